The number of aromatic nitrogens is 2. The second-order valence-corrected chi connectivity index (χ2v) is 6.85. The highest BCUT2D eigenvalue weighted by Gasteiger charge is 2.37. The molecular weight excluding hydrogens is 266 g/mol. The SMILES string of the molecule is CC(C)C1CCCN1S(=O)(=O)c1cnc(NN)nc1. The van der Waals surface area contributed by atoms with Crippen LogP contribution in [0.25, 0.3) is 0 Å². The number of nitrogens with one attached hydrogen (secondary N) is 1. The van der Waals surface area contributed by atoms with Crippen LogP contribution in [0, 0.1) is 5.92 Å². The molecular formula is C11H19N5O2S. The third kappa shape index (κ3) is 2.70. The molecule has 106 valence electrons. The summed E-state index contributed by atoms with van der Waals surface area (Å²) < 4.78 is 26.6. The van der Waals surface area contributed by atoms with E-state index < -0.39 is 10.0 Å². The van der Waals surface area contributed by atoms with E-state index in [0.29, 0.717) is 12.5 Å². The zero-order valence-electron chi connectivity index (χ0n) is 11.1. The molecule has 0 radical (unpaired) electrons. The molecule has 0 amide bonds. The Morgan fingerprint density at radius 3 is 2.58 bits per heavy atom. The first kappa shape index (κ1) is 14.2. The van der Waals surface area contributed by atoms with Gasteiger partial charge in [-0.05, 0) is 18.8 Å². The van der Waals surface area contributed by atoms with Crippen molar-refractivity contribution in [2.75, 3.05) is 12.0 Å². The number of nitrogens with two attached hydrogens (primary N) is 1. The highest BCUT2D eigenvalue weighted by atomic mass is 32.2. The highest BCUT2D eigenvalue weighted by Crippen LogP contribution is 2.29. The number of hydrazine groups is 1. The first-order valence-electron chi connectivity index (χ1n) is 6.27. The molecule has 1 fully saturated rings. The van der Waals surface area contributed by atoms with E-state index in [1.165, 1.54) is 12.4 Å². The highest BCUT2D eigenvalue weighted by molar-refractivity contribution is 7.89. The van der Waals surface area contributed by atoms with Gasteiger partial charge in [-0.3, -0.25) is 5.43 Å². The van der Waals surface area contributed by atoms with Crippen molar-refractivity contribution in [3.8, 4) is 0 Å². The third-order valence-corrected chi connectivity index (χ3v) is 5.26. The van der Waals surface area contributed by atoms with Crippen molar-refractivity contribution < 1.29 is 8.42 Å². The Hall–Kier alpha value is -1.25. The van der Waals surface area contributed by atoms with Gasteiger partial charge in [-0.2, -0.15) is 4.31 Å². The predicted molar refractivity (Wildman–Crippen MR) is 71.6 cm³/mol. The number of nitrogens with zero attached hydrogens (tertiary/aromatic N) is 3. The van der Waals surface area contributed by atoms with Gasteiger partial charge in [0.25, 0.3) is 0 Å². The fourth-order valence-corrected chi connectivity index (χ4v) is 4.11. The van der Waals surface area contributed by atoms with E-state index in [1.807, 2.05) is 13.8 Å². The maximum atomic E-state index is 12.5. The van der Waals surface area contributed by atoms with Gasteiger partial charge in [0, 0.05) is 12.6 Å². The maximum Gasteiger partial charge on any atom is 0.246 e. The van der Waals surface area contributed by atoms with Gasteiger partial charge in [-0.15, -0.1) is 0 Å². The minimum Gasteiger partial charge on any atom is -0.292 e. The van der Waals surface area contributed by atoms with Crippen molar-refractivity contribution in [1.29, 1.82) is 0 Å². The van der Waals surface area contributed by atoms with E-state index in [1.54, 1.807) is 4.31 Å². The zero-order valence-corrected chi connectivity index (χ0v) is 11.9. The minimum atomic E-state index is -3.52. The second-order valence-electron chi connectivity index (χ2n) is 4.96. The summed E-state index contributed by atoms with van der Waals surface area (Å²) in [6, 6.07) is 0.0531. The molecule has 0 aliphatic carbocycles. The van der Waals surface area contributed by atoms with Crippen LogP contribution < -0.4 is 11.3 Å². The van der Waals surface area contributed by atoms with Crippen LogP contribution in [0.15, 0.2) is 17.3 Å². The molecule has 1 aromatic rings. The Bertz CT molecular complexity index is 529. The summed E-state index contributed by atoms with van der Waals surface area (Å²) in [6.07, 6.45) is 4.37. The number of nitrogen functional groups attached to an aromatic ring is 1. The van der Waals surface area contributed by atoms with Crippen molar-refractivity contribution in [3.05, 3.63) is 12.4 Å². The van der Waals surface area contributed by atoms with Gasteiger partial charge in [0.2, 0.25) is 16.0 Å². The fraction of sp³-hybridized carbons (Fsp3) is 0.636. The molecule has 3 N–H and O–H groups in total. The summed E-state index contributed by atoms with van der Waals surface area (Å²) in [5, 5.41) is 0. The van der Waals surface area contributed by atoms with Gasteiger partial charge in [0.15, 0.2) is 0 Å². The van der Waals surface area contributed by atoms with Gasteiger partial charge >= 0.3 is 0 Å². The molecule has 1 saturated heterocycles. The van der Waals surface area contributed by atoms with Crippen molar-refractivity contribution in [2.45, 2.75) is 37.6 Å². The van der Waals surface area contributed by atoms with Crippen LogP contribution in [0.3, 0.4) is 0 Å². The van der Waals surface area contributed by atoms with E-state index in [9.17, 15) is 8.42 Å². The number of anilines is 1. The molecule has 2 heterocycles. The average molecular weight is 285 g/mol. The second kappa shape index (κ2) is 5.40. The summed E-state index contributed by atoms with van der Waals surface area (Å²) >= 11 is 0. The Morgan fingerprint density at radius 1 is 1.42 bits per heavy atom. The van der Waals surface area contributed by atoms with Gasteiger partial charge in [-0.1, -0.05) is 13.8 Å². The van der Waals surface area contributed by atoms with Gasteiger partial charge in [0.1, 0.15) is 4.90 Å². The number of hydrogen-bond acceptors (Lipinski definition) is 6. The van der Waals surface area contributed by atoms with Crippen LogP contribution in [0.2, 0.25) is 0 Å². The normalized spacial score (nSPS) is 20.9. The summed E-state index contributed by atoms with van der Waals surface area (Å²) in [5.74, 6) is 5.65. The van der Waals surface area contributed by atoms with E-state index in [2.05, 4.69) is 15.4 Å². The standard InChI is InChI=1S/C11H19N5O2S/c1-8(2)10-4-3-5-16(10)19(17,18)9-6-13-11(15-12)14-7-9/h6-8,10H,3-5,12H2,1-2H3,(H,13,14,15). The number of hydrogen-bond donors (Lipinski definition) is 2. The predicted octanol–water partition coefficient (Wildman–Crippen LogP) is 0.571. The largest absolute Gasteiger partial charge is 0.292 e. The first-order chi connectivity index (χ1) is 8.96. The van der Waals surface area contributed by atoms with Crippen LogP contribution in [0.5, 0.6) is 0 Å². The van der Waals surface area contributed by atoms with E-state index >= 15 is 0 Å². The van der Waals surface area contributed by atoms with E-state index in [-0.39, 0.29) is 16.9 Å². The van der Waals surface area contributed by atoms with Crippen LogP contribution in [-0.2, 0) is 10.0 Å². The van der Waals surface area contributed by atoms with Crippen molar-refractivity contribution >= 4 is 16.0 Å². The summed E-state index contributed by atoms with van der Waals surface area (Å²) in [4.78, 5) is 7.81. The lowest BCUT2D eigenvalue weighted by Gasteiger charge is -2.26. The van der Waals surface area contributed by atoms with E-state index in [4.69, 9.17) is 5.84 Å². The van der Waals surface area contributed by atoms with Crippen LogP contribution >= 0.6 is 0 Å². The Labute approximate surface area is 113 Å². The van der Waals surface area contributed by atoms with Crippen LogP contribution in [-0.4, -0.2) is 35.3 Å². The molecule has 1 atom stereocenters. The lowest BCUT2D eigenvalue weighted by Crippen LogP contribution is -2.38. The van der Waals surface area contributed by atoms with Gasteiger partial charge in [0.05, 0.1) is 12.4 Å². The average Bonchev–Trinajstić information content (AvgIpc) is 2.89. The molecule has 1 aromatic heterocycles. The molecule has 0 aromatic carbocycles. The van der Waals surface area contributed by atoms with Gasteiger partial charge in [-0.25, -0.2) is 24.2 Å². The molecule has 1 unspecified atom stereocenters. The number of sulfonamides is 1. The van der Waals surface area contributed by atoms with Crippen LogP contribution in [0.4, 0.5) is 5.95 Å². The maximum absolute atomic E-state index is 12.5. The molecule has 19 heavy (non-hydrogen) atoms. The minimum absolute atomic E-state index is 0.0531. The quantitative estimate of drug-likeness (QED) is 0.619. The molecule has 2 rings (SSSR count). The molecule has 0 spiro atoms. The molecule has 1 aliphatic heterocycles. The Balaban J connectivity index is 2.30. The molecule has 0 bridgehead atoms. The monoisotopic (exact) mass is 285 g/mol. The molecule has 1 aliphatic rings. The molecule has 7 nitrogen and oxygen atoms in total. The first-order valence-corrected chi connectivity index (χ1v) is 7.71. The fourth-order valence-electron chi connectivity index (χ4n) is 2.39. The lowest BCUT2D eigenvalue weighted by molar-refractivity contribution is 0.315. The Morgan fingerprint density at radius 2 is 2.05 bits per heavy atom. The zero-order chi connectivity index (χ0) is 14.0. The summed E-state index contributed by atoms with van der Waals surface area (Å²) in [5.41, 5.74) is 2.27. The van der Waals surface area contributed by atoms with Crippen molar-refractivity contribution in [2.24, 2.45) is 11.8 Å². The Kier molecular flexibility index (Phi) is 4.02. The lowest BCUT2D eigenvalue weighted by atomic mass is 10.0. The number of rotatable bonds is 4. The molecule has 0 saturated carbocycles. The van der Waals surface area contributed by atoms with Gasteiger partial charge < -0.3 is 0 Å². The molecule has 8 heteroatoms. The van der Waals surface area contributed by atoms with E-state index in [0.717, 1.165) is 12.8 Å². The summed E-state index contributed by atoms with van der Waals surface area (Å²) in [6.45, 7) is 4.63. The van der Waals surface area contributed by atoms with Crippen molar-refractivity contribution in [3.63, 3.8) is 0 Å². The van der Waals surface area contributed by atoms with Crippen molar-refractivity contribution in [1.82, 2.24) is 14.3 Å². The summed E-state index contributed by atoms with van der Waals surface area (Å²) in [7, 11) is -3.52. The third-order valence-electron chi connectivity index (χ3n) is 3.38. The smallest absolute Gasteiger partial charge is 0.246 e. The topological polar surface area (TPSA) is 101 Å². The van der Waals surface area contributed by atoms with Crippen LogP contribution in [0.1, 0.15) is 26.7 Å².